The highest BCUT2D eigenvalue weighted by atomic mass is 79.9. The molecule has 1 aliphatic heterocycles. The zero-order valence-electron chi connectivity index (χ0n) is 8.47. The summed E-state index contributed by atoms with van der Waals surface area (Å²) < 4.78 is 1.11. The van der Waals surface area contributed by atoms with Gasteiger partial charge in [-0.05, 0) is 31.0 Å². The Morgan fingerprint density at radius 2 is 2.00 bits per heavy atom. The van der Waals surface area contributed by atoms with E-state index in [0.717, 1.165) is 9.50 Å². The third-order valence-electron chi connectivity index (χ3n) is 3.72. The lowest BCUT2D eigenvalue weighted by atomic mass is 9.63. The maximum absolute atomic E-state index is 6.20. The fraction of sp³-hybridized carbons (Fsp3) is 0.500. The van der Waals surface area contributed by atoms with Crippen LogP contribution in [0.1, 0.15) is 19.3 Å². The van der Waals surface area contributed by atoms with Gasteiger partial charge in [0.2, 0.25) is 0 Å². The molecule has 0 unspecified atom stereocenters. The van der Waals surface area contributed by atoms with E-state index >= 15 is 0 Å². The highest BCUT2D eigenvalue weighted by molar-refractivity contribution is 9.10. The van der Waals surface area contributed by atoms with Crippen molar-refractivity contribution in [2.75, 3.05) is 18.0 Å². The molecule has 0 bridgehead atoms. The van der Waals surface area contributed by atoms with Crippen molar-refractivity contribution in [1.82, 2.24) is 0 Å². The van der Waals surface area contributed by atoms with Gasteiger partial charge in [0.25, 0.3) is 0 Å². The van der Waals surface area contributed by atoms with Crippen LogP contribution in [0.15, 0.2) is 22.7 Å². The van der Waals surface area contributed by atoms with Crippen LogP contribution in [0.4, 0.5) is 5.69 Å². The topological polar surface area (TPSA) is 3.24 Å². The summed E-state index contributed by atoms with van der Waals surface area (Å²) in [4.78, 5) is 2.40. The maximum Gasteiger partial charge on any atom is 0.0640 e. The van der Waals surface area contributed by atoms with Crippen LogP contribution in [0.3, 0.4) is 0 Å². The molecular formula is C12H13BrClN. The molecule has 1 aliphatic carbocycles. The number of benzene rings is 1. The zero-order chi connectivity index (χ0) is 10.5. The van der Waals surface area contributed by atoms with Crippen molar-refractivity contribution in [2.24, 2.45) is 5.41 Å². The molecule has 1 saturated heterocycles. The van der Waals surface area contributed by atoms with Crippen LogP contribution >= 0.6 is 27.5 Å². The van der Waals surface area contributed by atoms with Crippen molar-refractivity contribution in [2.45, 2.75) is 19.3 Å². The van der Waals surface area contributed by atoms with E-state index in [-0.39, 0.29) is 0 Å². The number of rotatable bonds is 1. The van der Waals surface area contributed by atoms with Gasteiger partial charge in [0.1, 0.15) is 0 Å². The fourth-order valence-electron chi connectivity index (χ4n) is 2.65. The van der Waals surface area contributed by atoms with Gasteiger partial charge in [-0.15, -0.1) is 0 Å². The molecule has 1 saturated carbocycles. The second kappa shape index (κ2) is 3.39. The first-order valence-corrected chi connectivity index (χ1v) is 6.56. The molecule has 2 aliphatic rings. The first-order chi connectivity index (χ1) is 7.19. The van der Waals surface area contributed by atoms with Gasteiger partial charge in [-0.3, -0.25) is 0 Å². The zero-order valence-corrected chi connectivity index (χ0v) is 10.8. The number of nitrogens with zero attached hydrogens (tertiary/aromatic N) is 1. The van der Waals surface area contributed by atoms with Crippen molar-refractivity contribution in [3.63, 3.8) is 0 Å². The molecule has 0 amide bonds. The van der Waals surface area contributed by atoms with Crippen LogP contribution in [0.25, 0.3) is 0 Å². The van der Waals surface area contributed by atoms with Gasteiger partial charge in [0, 0.05) is 23.0 Å². The van der Waals surface area contributed by atoms with Crippen molar-refractivity contribution in [3.05, 3.63) is 27.7 Å². The SMILES string of the molecule is Clc1ccc(Br)cc1N1CC2(CCC2)C1. The summed E-state index contributed by atoms with van der Waals surface area (Å²) in [5, 5.41) is 0.868. The van der Waals surface area contributed by atoms with E-state index in [9.17, 15) is 0 Å². The van der Waals surface area contributed by atoms with E-state index in [1.54, 1.807) is 0 Å². The average Bonchev–Trinajstić information content (AvgIpc) is 2.06. The largest absolute Gasteiger partial charge is 0.369 e. The summed E-state index contributed by atoms with van der Waals surface area (Å²) in [6, 6.07) is 6.07. The molecule has 2 fully saturated rings. The minimum absolute atomic E-state index is 0.658. The minimum Gasteiger partial charge on any atom is -0.369 e. The molecular weight excluding hydrogens is 273 g/mol. The number of hydrogen-bond acceptors (Lipinski definition) is 1. The molecule has 1 aromatic carbocycles. The molecule has 0 aromatic heterocycles. The maximum atomic E-state index is 6.20. The fourth-order valence-corrected chi connectivity index (χ4v) is 3.24. The van der Waals surface area contributed by atoms with Gasteiger partial charge in [-0.2, -0.15) is 0 Å². The summed E-state index contributed by atoms with van der Waals surface area (Å²) in [5.41, 5.74) is 1.84. The van der Waals surface area contributed by atoms with Gasteiger partial charge in [0.15, 0.2) is 0 Å². The Morgan fingerprint density at radius 1 is 1.27 bits per heavy atom. The van der Waals surface area contributed by atoms with Crippen molar-refractivity contribution in [1.29, 1.82) is 0 Å². The minimum atomic E-state index is 0.658. The normalized spacial score (nSPS) is 22.4. The molecule has 0 radical (unpaired) electrons. The molecule has 1 heterocycles. The third kappa shape index (κ3) is 1.58. The predicted molar refractivity (Wildman–Crippen MR) is 67.6 cm³/mol. The number of hydrogen-bond donors (Lipinski definition) is 0. The van der Waals surface area contributed by atoms with Gasteiger partial charge in [0.05, 0.1) is 10.7 Å². The lowest BCUT2D eigenvalue weighted by Gasteiger charge is -2.57. The Morgan fingerprint density at radius 3 is 2.60 bits per heavy atom. The lowest BCUT2D eigenvalue weighted by Crippen LogP contribution is -2.59. The van der Waals surface area contributed by atoms with Crippen LogP contribution in [0, 0.1) is 5.41 Å². The Bertz CT molecular complexity index is 393. The molecule has 80 valence electrons. The summed E-state index contributed by atoms with van der Waals surface area (Å²) in [7, 11) is 0. The summed E-state index contributed by atoms with van der Waals surface area (Å²) in [6.45, 7) is 2.40. The number of halogens is 2. The highest BCUT2D eigenvalue weighted by Crippen LogP contribution is 2.50. The Balaban J connectivity index is 1.80. The Kier molecular flexibility index (Phi) is 2.26. The summed E-state index contributed by atoms with van der Waals surface area (Å²) in [5.74, 6) is 0. The first kappa shape index (κ1) is 9.98. The standard InChI is InChI=1S/C12H13BrClN/c13-9-2-3-10(14)11(6-9)15-7-12(8-15)4-1-5-12/h2-3,6H,1,4-5,7-8H2. The molecule has 0 N–H and O–H groups in total. The van der Waals surface area contributed by atoms with Crippen LogP contribution in [-0.4, -0.2) is 13.1 Å². The van der Waals surface area contributed by atoms with E-state index in [4.69, 9.17) is 11.6 Å². The molecule has 3 rings (SSSR count). The van der Waals surface area contributed by atoms with E-state index in [1.165, 1.54) is 38.0 Å². The molecule has 1 nitrogen and oxygen atoms in total. The highest BCUT2D eigenvalue weighted by Gasteiger charge is 2.47. The second-order valence-corrected chi connectivity index (χ2v) is 6.13. The molecule has 1 spiro atoms. The Hall–Kier alpha value is -0.210. The second-order valence-electron chi connectivity index (χ2n) is 4.81. The van der Waals surface area contributed by atoms with E-state index in [0.29, 0.717) is 5.41 Å². The third-order valence-corrected chi connectivity index (χ3v) is 4.53. The van der Waals surface area contributed by atoms with Gasteiger partial charge in [-0.1, -0.05) is 34.0 Å². The molecule has 3 heteroatoms. The smallest absolute Gasteiger partial charge is 0.0640 e. The van der Waals surface area contributed by atoms with Crippen molar-refractivity contribution >= 4 is 33.2 Å². The predicted octanol–water partition coefficient (Wildman–Crippen LogP) is 4.09. The Labute approximate surface area is 104 Å². The van der Waals surface area contributed by atoms with Crippen LogP contribution in [0.2, 0.25) is 5.02 Å². The van der Waals surface area contributed by atoms with E-state index < -0.39 is 0 Å². The van der Waals surface area contributed by atoms with Crippen LogP contribution in [0.5, 0.6) is 0 Å². The van der Waals surface area contributed by atoms with Gasteiger partial charge < -0.3 is 4.90 Å². The summed E-state index contributed by atoms with van der Waals surface area (Å²) in [6.07, 6.45) is 4.24. The number of anilines is 1. The summed E-state index contributed by atoms with van der Waals surface area (Å²) >= 11 is 9.69. The van der Waals surface area contributed by atoms with Crippen molar-refractivity contribution in [3.8, 4) is 0 Å². The van der Waals surface area contributed by atoms with Crippen molar-refractivity contribution < 1.29 is 0 Å². The molecule has 1 aromatic rings. The molecule has 15 heavy (non-hydrogen) atoms. The quantitative estimate of drug-likeness (QED) is 0.751. The molecule has 0 atom stereocenters. The van der Waals surface area contributed by atoms with Gasteiger partial charge >= 0.3 is 0 Å². The lowest BCUT2D eigenvalue weighted by molar-refractivity contribution is 0.0904. The van der Waals surface area contributed by atoms with Gasteiger partial charge in [-0.25, -0.2) is 0 Å². The monoisotopic (exact) mass is 285 g/mol. The van der Waals surface area contributed by atoms with E-state index in [2.05, 4.69) is 26.9 Å². The van der Waals surface area contributed by atoms with Crippen LogP contribution in [-0.2, 0) is 0 Å². The van der Waals surface area contributed by atoms with E-state index in [1.807, 2.05) is 12.1 Å². The average molecular weight is 287 g/mol. The van der Waals surface area contributed by atoms with Crippen LogP contribution < -0.4 is 4.90 Å². The first-order valence-electron chi connectivity index (χ1n) is 5.39.